The number of hydrogen-bond donors (Lipinski definition) is 1. The molecule has 0 saturated carbocycles. The summed E-state index contributed by atoms with van der Waals surface area (Å²) in [6, 6.07) is 8.01. The van der Waals surface area contributed by atoms with E-state index in [0.717, 1.165) is 0 Å². The standard InChI is InChI=1S/C14H12FN3O2S/c1-20-10-5-6-16-9(7-10)8-21(19)14-17-12-4-2-3-11(15)13(12)18-14/h2-7H,8H2,1H3,(H,17,18)/t21-/m0/s1. The molecule has 0 aliphatic carbocycles. The first-order valence-electron chi connectivity index (χ1n) is 6.19. The minimum atomic E-state index is -1.44. The van der Waals surface area contributed by atoms with Gasteiger partial charge in [0.25, 0.3) is 0 Å². The summed E-state index contributed by atoms with van der Waals surface area (Å²) in [7, 11) is 0.117. The van der Waals surface area contributed by atoms with E-state index in [0.29, 0.717) is 17.0 Å². The van der Waals surface area contributed by atoms with Gasteiger partial charge in [0.1, 0.15) is 11.3 Å². The first-order valence-corrected chi connectivity index (χ1v) is 7.51. The van der Waals surface area contributed by atoms with Crippen LogP contribution in [0.25, 0.3) is 11.0 Å². The molecule has 7 heteroatoms. The number of ether oxygens (including phenoxy) is 1. The number of benzene rings is 1. The summed E-state index contributed by atoms with van der Waals surface area (Å²) in [6.07, 6.45) is 1.59. The Kier molecular flexibility index (Phi) is 3.66. The highest BCUT2D eigenvalue weighted by Gasteiger charge is 2.13. The number of aromatic amines is 1. The zero-order valence-electron chi connectivity index (χ0n) is 11.2. The van der Waals surface area contributed by atoms with Crippen LogP contribution >= 0.6 is 0 Å². The van der Waals surface area contributed by atoms with Gasteiger partial charge >= 0.3 is 0 Å². The third-order valence-electron chi connectivity index (χ3n) is 2.96. The van der Waals surface area contributed by atoms with Gasteiger partial charge in [-0.3, -0.25) is 9.19 Å². The molecule has 0 bridgehead atoms. The fourth-order valence-corrected chi connectivity index (χ4v) is 2.93. The molecule has 0 amide bonds. The van der Waals surface area contributed by atoms with E-state index >= 15 is 0 Å². The molecule has 1 atom stereocenters. The average molecular weight is 305 g/mol. The largest absolute Gasteiger partial charge is 0.497 e. The fourth-order valence-electron chi connectivity index (χ4n) is 1.95. The minimum Gasteiger partial charge on any atom is -0.497 e. The zero-order chi connectivity index (χ0) is 14.8. The van der Waals surface area contributed by atoms with Gasteiger partial charge in [0.05, 0.1) is 34.9 Å². The normalized spacial score (nSPS) is 12.5. The summed E-state index contributed by atoms with van der Waals surface area (Å²) in [5, 5.41) is 0.236. The number of halogens is 1. The smallest absolute Gasteiger partial charge is 0.197 e. The number of fused-ring (bicyclic) bond motifs is 1. The second-order valence-corrected chi connectivity index (χ2v) is 5.72. The number of nitrogens with one attached hydrogen (secondary N) is 1. The van der Waals surface area contributed by atoms with Crippen molar-refractivity contribution in [1.29, 1.82) is 0 Å². The van der Waals surface area contributed by atoms with E-state index in [-0.39, 0.29) is 16.4 Å². The maximum absolute atomic E-state index is 13.6. The maximum atomic E-state index is 13.6. The molecule has 3 rings (SSSR count). The van der Waals surface area contributed by atoms with Gasteiger partial charge in [0.15, 0.2) is 11.0 Å². The van der Waals surface area contributed by atoms with Crippen molar-refractivity contribution in [2.75, 3.05) is 7.11 Å². The number of imidazole rings is 1. The molecule has 0 unspecified atom stereocenters. The lowest BCUT2D eigenvalue weighted by Crippen LogP contribution is -2.01. The second kappa shape index (κ2) is 5.61. The number of methoxy groups -OCH3 is 1. The van der Waals surface area contributed by atoms with Crippen molar-refractivity contribution in [2.24, 2.45) is 0 Å². The fraction of sp³-hybridized carbons (Fsp3) is 0.143. The van der Waals surface area contributed by atoms with Crippen LogP contribution in [-0.4, -0.2) is 26.3 Å². The molecule has 0 spiro atoms. The van der Waals surface area contributed by atoms with E-state index in [4.69, 9.17) is 4.74 Å². The summed E-state index contributed by atoms with van der Waals surface area (Å²) in [6.45, 7) is 0. The van der Waals surface area contributed by atoms with Crippen LogP contribution in [0.2, 0.25) is 0 Å². The van der Waals surface area contributed by atoms with Crippen LogP contribution in [0.15, 0.2) is 41.7 Å². The monoisotopic (exact) mass is 305 g/mol. The molecule has 2 heterocycles. The summed E-state index contributed by atoms with van der Waals surface area (Å²) < 4.78 is 31.0. The average Bonchev–Trinajstić information content (AvgIpc) is 2.93. The number of H-pyrrole nitrogens is 1. The van der Waals surface area contributed by atoms with Gasteiger partial charge in [-0.05, 0) is 18.2 Å². The number of aromatic nitrogens is 3. The number of para-hydroxylation sites is 1. The zero-order valence-corrected chi connectivity index (χ0v) is 12.0. The van der Waals surface area contributed by atoms with Gasteiger partial charge in [-0.15, -0.1) is 0 Å². The van der Waals surface area contributed by atoms with E-state index in [1.165, 1.54) is 6.07 Å². The van der Waals surface area contributed by atoms with E-state index < -0.39 is 16.6 Å². The molecule has 0 aliphatic rings. The van der Waals surface area contributed by atoms with Crippen molar-refractivity contribution in [3.63, 3.8) is 0 Å². The Morgan fingerprint density at radius 3 is 3.00 bits per heavy atom. The molecule has 0 radical (unpaired) electrons. The van der Waals surface area contributed by atoms with Crippen molar-refractivity contribution in [2.45, 2.75) is 10.9 Å². The van der Waals surface area contributed by atoms with E-state index in [9.17, 15) is 8.60 Å². The summed E-state index contributed by atoms with van der Waals surface area (Å²) in [5.41, 5.74) is 1.34. The SMILES string of the molecule is COc1ccnc(C[S@](=O)c2nc3c(F)cccc3[nH]2)c1. The van der Waals surface area contributed by atoms with Crippen molar-refractivity contribution < 1.29 is 13.3 Å². The van der Waals surface area contributed by atoms with Crippen LogP contribution in [0.3, 0.4) is 0 Å². The second-order valence-electron chi connectivity index (χ2n) is 4.35. The predicted molar refractivity (Wildman–Crippen MR) is 77.0 cm³/mol. The Labute approximate surface area is 122 Å². The molecule has 1 aromatic carbocycles. The van der Waals surface area contributed by atoms with Gasteiger partial charge in [-0.1, -0.05) is 6.07 Å². The van der Waals surface area contributed by atoms with Crippen molar-refractivity contribution in [1.82, 2.24) is 15.0 Å². The molecule has 3 aromatic rings. The molecule has 108 valence electrons. The van der Waals surface area contributed by atoms with Crippen LogP contribution in [0.5, 0.6) is 5.75 Å². The Morgan fingerprint density at radius 1 is 1.38 bits per heavy atom. The quantitative estimate of drug-likeness (QED) is 0.804. The van der Waals surface area contributed by atoms with Gasteiger partial charge in [0.2, 0.25) is 0 Å². The lowest BCUT2D eigenvalue weighted by atomic mass is 10.3. The summed E-state index contributed by atoms with van der Waals surface area (Å²) in [4.78, 5) is 11.1. The van der Waals surface area contributed by atoms with Gasteiger partial charge in [-0.2, -0.15) is 0 Å². The Balaban J connectivity index is 1.88. The van der Waals surface area contributed by atoms with Crippen LogP contribution < -0.4 is 4.74 Å². The third-order valence-corrected chi connectivity index (χ3v) is 4.14. The highest BCUT2D eigenvalue weighted by atomic mass is 32.2. The van der Waals surface area contributed by atoms with Crippen molar-refractivity contribution in [3.8, 4) is 5.75 Å². The first-order chi connectivity index (χ1) is 10.2. The highest BCUT2D eigenvalue weighted by molar-refractivity contribution is 7.84. The maximum Gasteiger partial charge on any atom is 0.197 e. The first kappa shape index (κ1) is 13.7. The minimum absolute atomic E-state index is 0.179. The lowest BCUT2D eigenvalue weighted by Gasteiger charge is -2.02. The molecule has 0 saturated heterocycles. The van der Waals surface area contributed by atoms with E-state index in [1.807, 2.05) is 0 Å². The highest BCUT2D eigenvalue weighted by Crippen LogP contribution is 2.18. The lowest BCUT2D eigenvalue weighted by molar-refractivity contribution is 0.413. The molecule has 0 fully saturated rings. The van der Waals surface area contributed by atoms with Crippen LogP contribution in [-0.2, 0) is 16.6 Å². The third kappa shape index (κ3) is 2.78. The molecular weight excluding hydrogens is 293 g/mol. The topological polar surface area (TPSA) is 67.9 Å². The van der Waals surface area contributed by atoms with E-state index in [2.05, 4.69) is 15.0 Å². The Bertz CT molecular complexity index is 819. The number of rotatable bonds is 4. The van der Waals surface area contributed by atoms with Crippen LogP contribution in [0.1, 0.15) is 5.69 Å². The number of nitrogens with zero attached hydrogens (tertiary/aromatic N) is 2. The van der Waals surface area contributed by atoms with Gasteiger partial charge in [0, 0.05) is 12.3 Å². The Morgan fingerprint density at radius 2 is 2.24 bits per heavy atom. The van der Waals surface area contributed by atoms with Crippen LogP contribution in [0.4, 0.5) is 4.39 Å². The van der Waals surface area contributed by atoms with Crippen LogP contribution in [0, 0.1) is 5.82 Å². The molecule has 2 aromatic heterocycles. The molecule has 0 aliphatic heterocycles. The summed E-state index contributed by atoms with van der Waals surface area (Å²) in [5.74, 6) is 0.387. The van der Waals surface area contributed by atoms with Crippen molar-refractivity contribution >= 4 is 21.8 Å². The number of pyridine rings is 1. The predicted octanol–water partition coefficient (Wildman–Crippen LogP) is 2.41. The van der Waals surface area contributed by atoms with Gasteiger partial charge < -0.3 is 9.72 Å². The summed E-state index contributed by atoms with van der Waals surface area (Å²) >= 11 is 0. The Hall–Kier alpha value is -2.28. The van der Waals surface area contributed by atoms with Gasteiger partial charge in [-0.25, -0.2) is 9.37 Å². The molecule has 21 heavy (non-hydrogen) atoms. The molecular formula is C14H12FN3O2S. The molecule has 1 N–H and O–H groups in total. The molecule has 5 nitrogen and oxygen atoms in total. The van der Waals surface area contributed by atoms with Crippen molar-refractivity contribution in [3.05, 3.63) is 48.0 Å². The number of hydrogen-bond acceptors (Lipinski definition) is 4. The van der Waals surface area contributed by atoms with E-state index in [1.54, 1.807) is 37.6 Å².